The number of hydrogen-bond donors (Lipinski definition) is 3. The Hall–Kier alpha value is -4.07. The van der Waals surface area contributed by atoms with Crippen LogP contribution in [0.5, 0.6) is 11.8 Å². The van der Waals surface area contributed by atoms with Crippen LogP contribution in [0.25, 0.3) is 22.4 Å². The van der Waals surface area contributed by atoms with E-state index in [2.05, 4.69) is 20.7 Å². The molecule has 0 aliphatic carbocycles. The maximum atomic E-state index is 14.9. The molecule has 14 heteroatoms. The van der Waals surface area contributed by atoms with Crippen molar-refractivity contribution < 1.29 is 28.5 Å². The van der Waals surface area contributed by atoms with E-state index in [1.165, 1.54) is 33.4 Å². The maximum Gasteiger partial charge on any atom is 0.279 e. The number of halogens is 3. The number of ether oxygens (including phenoxy) is 3. The van der Waals surface area contributed by atoms with E-state index in [-0.39, 0.29) is 45.4 Å². The first-order valence-corrected chi connectivity index (χ1v) is 14.6. The number of aryl methyl sites for hydroxylation is 1. The molecule has 1 aliphatic heterocycles. The Labute approximate surface area is 267 Å². The summed E-state index contributed by atoms with van der Waals surface area (Å²) in [7, 11) is 4.23. The Morgan fingerprint density at radius 2 is 1.89 bits per heavy atom. The second-order valence-corrected chi connectivity index (χ2v) is 11.0. The van der Waals surface area contributed by atoms with Crippen molar-refractivity contribution in [2.45, 2.75) is 25.1 Å². The van der Waals surface area contributed by atoms with Crippen LogP contribution in [-0.2, 0) is 18.3 Å². The van der Waals surface area contributed by atoms with Gasteiger partial charge < -0.3 is 30.0 Å². The highest BCUT2D eigenvalue weighted by molar-refractivity contribution is 6.39. The van der Waals surface area contributed by atoms with Gasteiger partial charge in [0.2, 0.25) is 11.8 Å². The summed E-state index contributed by atoms with van der Waals surface area (Å²) in [6, 6.07) is 12.1. The van der Waals surface area contributed by atoms with Crippen LogP contribution in [0.3, 0.4) is 0 Å². The molecule has 45 heavy (non-hydrogen) atoms. The SMILES string of the molecule is COc1cc(C(=O)Nc2cc(F)cc(-c3cccc(-c4ccc(CN[C@@H]5CCOC[C@@H]5O)c(OC)n4)c3Cl)c2Cl)c(=O)n(C)n1. The zero-order chi connectivity index (χ0) is 32.2. The summed E-state index contributed by atoms with van der Waals surface area (Å²) in [5, 5.41) is 20.2. The molecule has 1 saturated heterocycles. The third-order valence-corrected chi connectivity index (χ3v) is 8.17. The van der Waals surface area contributed by atoms with E-state index in [0.717, 1.165) is 16.3 Å². The van der Waals surface area contributed by atoms with Crippen molar-refractivity contribution in [1.29, 1.82) is 0 Å². The van der Waals surface area contributed by atoms with E-state index in [9.17, 15) is 19.1 Å². The largest absolute Gasteiger partial charge is 0.481 e. The fourth-order valence-corrected chi connectivity index (χ4v) is 5.56. The van der Waals surface area contributed by atoms with Gasteiger partial charge in [0.25, 0.3) is 11.5 Å². The highest BCUT2D eigenvalue weighted by atomic mass is 35.5. The van der Waals surface area contributed by atoms with Gasteiger partial charge >= 0.3 is 0 Å². The standard InChI is InChI=1S/C31H30Cl2FN5O6/c1-39-31(42)21(13-26(38-39)43-2)29(41)36-24-12-17(34)11-20(28(24)33)18-5-4-6-19(27(18)32)22-8-7-16(30(37-22)44-3)14-35-23-9-10-45-15-25(23)40/h4-8,11-13,23,25,35,40H,9-10,14-15H2,1-3H3,(H,36,41)/t23-,25+/m1/s1. The van der Waals surface area contributed by atoms with Crippen LogP contribution >= 0.6 is 23.2 Å². The summed E-state index contributed by atoms with van der Waals surface area (Å²) >= 11 is 13.6. The van der Waals surface area contributed by atoms with E-state index in [0.29, 0.717) is 42.3 Å². The van der Waals surface area contributed by atoms with Crippen molar-refractivity contribution in [3.05, 3.63) is 85.9 Å². The average molecular weight is 659 g/mol. The first kappa shape index (κ1) is 32.3. The van der Waals surface area contributed by atoms with E-state index in [4.69, 9.17) is 37.4 Å². The van der Waals surface area contributed by atoms with Crippen LogP contribution in [-0.4, -0.2) is 65.4 Å². The number of carbonyl (C=O) groups is 1. The van der Waals surface area contributed by atoms with E-state index >= 15 is 0 Å². The van der Waals surface area contributed by atoms with Crippen LogP contribution in [0.2, 0.25) is 10.0 Å². The zero-order valence-electron chi connectivity index (χ0n) is 24.6. The van der Waals surface area contributed by atoms with Gasteiger partial charge in [-0.1, -0.05) is 47.5 Å². The average Bonchev–Trinajstić information content (AvgIpc) is 3.03. The molecule has 0 spiro atoms. The molecule has 0 radical (unpaired) electrons. The summed E-state index contributed by atoms with van der Waals surface area (Å²) in [4.78, 5) is 30.3. The summed E-state index contributed by atoms with van der Waals surface area (Å²) in [6.45, 7) is 1.27. The molecule has 236 valence electrons. The number of anilines is 1. The third kappa shape index (κ3) is 6.95. The number of aromatic nitrogens is 3. The number of carbonyl (C=O) groups excluding carboxylic acids is 1. The summed E-state index contributed by atoms with van der Waals surface area (Å²) < 4.78 is 31.8. The predicted octanol–water partition coefficient (Wildman–Crippen LogP) is 4.46. The minimum Gasteiger partial charge on any atom is -0.481 e. The van der Waals surface area contributed by atoms with Gasteiger partial charge in [0.1, 0.15) is 11.4 Å². The van der Waals surface area contributed by atoms with Gasteiger partial charge in [-0.25, -0.2) is 14.1 Å². The van der Waals surface area contributed by atoms with Crippen LogP contribution in [0.4, 0.5) is 10.1 Å². The number of hydrogen-bond acceptors (Lipinski definition) is 9. The smallest absolute Gasteiger partial charge is 0.279 e. The topological polar surface area (TPSA) is 137 Å². The van der Waals surface area contributed by atoms with Crippen LogP contribution in [0.15, 0.2) is 53.3 Å². The summed E-state index contributed by atoms with van der Waals surface area (Å²) in [6.07, 6.45) is 0.0796. The number of nitrogens with zero attached hydrogens (tertiary/aromatic N) is 3. The number of pyridine rings is 1. The molecule has 1 amide bonds. The molecular weight excluding hydrogens is 628 g/mol. The van der Waals surface area contributed by atoms with Crippen LogP contribution in [0, 0.1) is 5.82 Å². The molecule has 1 aliphatic rings. The van der Waals surface area contributed by atoms with E-state index in [1.807, 2.05) is 6.07 Å². The fourth-order valence-electron chi connectivity index (χ4n) is 4.98. The lowest BCUT2D eigenvalue weighted by molar-refractivity contribution is -0.0281. The molecular formula is C31H30Cl2FN5O6. The number of amides is 1. The van der Waals surface area contributed by atoms with Crippen LogP contribution < -0.4 is 25.7 Å². The monoisotopic (exact) mass is 657 g/mol. The number of methoxy groups -OCH3 is 2. The number of benzene rings is 2. The summed E-state index contributed by atoms with van der Waals surface area (Å²) in [5.74, 6) is -1.11. The Bertz CT molecular complexity index is 1800. The molecule has 3 N–H and O–H groups in total. The normalized spacial score (nSPS) is 16.3. The number of aliphatic hydroxyl groups is 1. The Morgan fingerprint density at radius 1 is 1.11 bits per heavy atom. The molecule has 11 nitrogen and oxygen atoms in total. The predicted molar refractivity (Wildman–Crippen MR) is 168 cm³/mol. The minimum absolute atomic E-state index is 0.00362. The fraction of sp³-hybridized carbons (Fsp3) is 0.290. The maximum absolute atomic E-state index is 14.9. The molecule has 0 unspecified atom stereocenters. The van der Waals surface area contributed by atoms with Crippen molar-refractivity contribution in [3.8, 4) is 34.1 Å². The van der Waals surface area contributed by atoms with Crippen LogP contribution in [0.1, 0.15) is 22.3 Å². The van der Waals surface area contributed by atoms with Gasteiger partial charge in [-0.05, 0) is 24.6 Å². The van der Waals surface area contributed by atoms with Crippen molar-refractivity contribution in [1.82, 2.24) is 20.1 Å². The van der Waals surface area contributed by atoms with Crippen molar-refractivity contribution in [3.63, 3.8) is 0 Å². The number of aliphatic hydroxyl groups excluding tert-OH is 1. The molecule has 0 bridgehead atoms. The molecule has 1 fully saturated rings. The number of nitrogens with one attached hydrogen (secondary N) is 2. The second kappa shape index (κ2) is 13.9. The quantitative estimate of drug-likeness (QED) is 0.238. The molecule has 2 atom stereocenters. The first-order chi connectivity index (χ1) is 21.6. The Balaban J connectivity index is 1.44. The zero-order valence-corrected chi connectivity index (χ0v) is 26.1. The van der Waals surface area contributed by atoms with Crippen molar-refractivity contribution in [2.24, 2.45) is 7.05 Å². The lowest BCUT2D eigenvalue weighted by atomic mass is 10.00. The molecule has 0 saturated carbocycles. The van der Waals surface area contributed by atoms with Gasteiger partial charge in [0, 0.05) is 54.6 Å². The molecule has 4 aromatic rings. The van der Waals surface area contributed by atoms with E-state index in [1.54, 1.807) is 24.3 Å². The Morgan fingerprint density at radius 3 is 2.62 bits per heavy atom. The number of rotatable bonds is 9. The molecule has 5 rings (SSSR count). The first-order valence-electron chi connectivity index (χ1n) is 13.9. The highest BCUT2D eigenvalue weighted by Crippen LogP contribution is 2.42. The van der Waals surface area contributed by atoms with Crippen molar-refractivity contribution >= 4 is 34.8 Å². The Kier molecular flexibility index (Phi) is 10.0. The minimum atomic E-state index is -0.827. The van der Waals surface area contributed by atoms with Gasteiger partial charge in [0.15, 0.2) is 0 Å². The highest BCUT2D eigenvalue weighted by Gasteiger charge is 2.24. The van der Waals surface area contributed by atoms with Gasteiger partial charge in [-0.3, -0.25) is 9.59 Å². The molecule has 3 heterocycles. The van der Waals surface area contributed by atoms with Crippen molar-refractivity contribution in [2.75, 3.05) is 32.8 Å². The van der Waals surface area contributed by atoms with Gasteiger partial charge in [-0.15, -0.1) is 5.10 Å². The summed E-state index contributed by atoms with van der Waals surface area (Å²) in [5.41, 5.74) is 1.39. The van der Waals surface area contributed by atoms with E-state index < -0.39 is 23.4 Å². The second-order valence-electron chi connectivity index (χ2n) is 10.2. The van der Waals surface area contributed by atoms with Gasteiger partial charge in [-0.2, -0.15) is 0 Å². The third-order valence-electron chi connectivity index (χ3n) is 7.36. The molecule has 2 aromatic heterocycles. The lowest BCUT2D eigenvalue weighted by Gasteiger charge is -2.28. The van der Waals surface area contributed by atoms with Gasteiger partial charge in [0.05, 0.1) is 48.4 Å². The lowest BCUT2D eigenvalue weighted by Crippen LogP contribution is -2.46. The molecule has 2 aromatic carbocycles.